The average molecular weight is 396 g/mol. The summed E-state index contributed by atoms with van der Waals surface area (Å²) in [6.07, 6.45) is 1.79. The summed E-state index contributed by atoms with van der Waals surface area (Å²) in [5.41, 5.74) is 1.33. The fourth-order valence-electron chi connectivity index (χ4n) is 4.13. The van der Waals surface area contributed by atoms with E-state index < -0.39 is 10.0 Å². The number of rotatable bonds is 5. The molecule has 5 heteroatoms. The summed E-state index contributed by atoms with van der Waals surface area (Å²) in [6, 6.07) is 24.3. The van der Waals surface area contributed by atoms with E-state index in [1.165, 1.54) is 10.5 Å². The highest BCUT2D eigenvalue weighted by Gasteiger charge is 2.32. The Labute approximate surface area is 167 Å². The number of quaternary nitrogens is 1. The van der Waals surface area contributed by atoms with Crippen LogP contribution in [0.5, 0.6) is 0 Å². The lowest BCUT2D eigenvalue weighted by atomic mass is 10.0. The van der Waals surface area contributed by atoms with Crippen molar-refractivity contribution >= 4 is 20.8 Å². The summed E-state index contributed by atoms with van der Waals surface area (Å²) in [5, 5.41) is 2.02. The van der Waals surface area contributed by atoms with Gasteiger partial charge in [-0.1, -0.05) is 60.7 Å². The summed E-state index contributed by atoms with van der Waals surface area (Å²) >= 11 is 0. The minimum absolute atomic E-state index is 0.398. The molecule has 4 rings (SSSR count). The van der Waals surface area contributed by atoms with Crippen LogP contribution in [-0.2, 0) is 16.6 Å². The van der Waals surface area contributed by atoms with E-state index >= 15 is 0 Å². The maximum atomic E-state index is 13.1. The molecule has 1 N–H and O–H groups in total. The summed E-state index contributed by atoms with van der Waals surface area (Å²) in [4.78, 5) is 1.85. The van der Waals surface area contributed by atoms with E-state index in [9.17, 15) is 8.42 Å². The summed E-state index contributed by atoms with van der Waals surface area (Å²) < 4.78 is 27.9. The lowest BCUT2D eigenvalue weighted by Crippen LogP contribution is -3.12. The van der Waals surface area contributed by atoms with Gasteiger partial charge in [0.05, 0.1) is 18.0 Å². The lowest BCUT2D eigenvalue weighted by molar-refractivity contribution is -0.920. The van der Waals surface area contributed by atoms with Crippen LogP contribution in [0, 0.1) is 0 Å². The molecule has 1 atom stereocenters. The number of nitrogens with zero attached hydrogens (tertiary/aromatic N) is 1. The number of hydrogen-bond donors (Lipinski definition) is 1. The number of hydrogen-bond acceptors (Lipinski definition) is 2. The van der Waals surface area contributed by atoms with Gasteiger partial charge in [0.15, 0.2) is 0 Å². The Kier molecular flexibility index (Phi) is 5.49. The van der Waals surface area contributed by atoms with E-state index in [1.54, 1.807) is 16.4 Å². The van der Waals surface area contributed by atoms with Crippen LogP contribution >= 0.6 is 0 Å². The quantitative estimate of drug-likeness (QED) is 0.722. The van der Waals surface area contributed by atoms with Crippen LogP contribution in [0.15, 0.2) is 77.7 Å². The summed E-state index contributed by atoms with van der Waals surface area (Å²) in [5.74, 6) is 0. The molecule has 0 aromatic heterocycles. The first-order chi connectivity index (χ1) is 13.5. The van der Waals surface area contributed by atoms with E-state index in [0.29, 0.717) is 24.0 Å². The van der Waals surface area contributed by atoms with Crippen LogP contribution in [-0.4, -0.2) is 38.9 Å². The van der Waals surface area contributed by atoms with Crippen LogP contribution in [0.2, 0.25) is 0 Å². The van der Waals surface area contributed by atoms with Crippen LogP contribution in [0.1, 0.15) is 18.4 Å². The van der Waals surface area contributed by atoms with E-state index in [2.05, 4.69) is 31.3 Å². The highest BCUT2D eigenvalue weighted by Crippen LogP contribution is 2.24. The fraction of sp³-hybridized carbons (Fsp3) is 0.304. The first-order valence-corrected chi connectivity index (χ1v) is 11.3. The van der Waals surface area contributed by atoms with Gasteiger partial charge in [0, 0.05) is 31.5 Å². The molecule has 1 aliphatic rings. The Morgan fingerprint density at radius 3 is 2.25 bits per heavy atom. The highest BCUT2D eigenvalue weighted by molar-refractivity contribution is 7.89. The zero-order chi connectivity index (χ0) is 19.6. The summed E-state index contributed by atoms with van der Waals surface area (Å²) in [6.45, 7) is 2.15. The predicted octanol–water partition coefficient (Wildman–Crippen LogP) is 2.71. The molecule has 0 aliphatic carbocycles. The molecule has 0 spiro atoms. The van der Waals surface area contributed by atoms with Crippen LogP contribution < -0.4 is 4.90 Å². The van der Waals surface area contributed by atoms with Crippen molar-refractivity contribution in [2.45, 2.75) is 30.3 Å². The van der Waals surface area contributed by atoms with Crippen LogP contribution in [0.3, 0.4) is 0 Å². The summed E-state index contributed by atoms with van der Waals surface area (Å²) in [7, 11) is -1.22. The Morgan fingerprint density at radius 2 is 1.54 bits per heavy atom. The Morgan fingerprint density at radius 1 is 0.893 bits per heavy atom. The van der Waals surface area contributed by atoms with Gasteiger partial charge in [0.25, 0.3) is 0 Å². The van der Waals surface area contributed by atoms with Crippen molar-refractivity contribution in [3.05, 3.63) is 78.4 Å². The second-order valence-electron chi connectivity index (χ2n) is 7.70. The number of nitrogens with one attached hydrogen (secondary N) is 1. The second-order valence-corrected chi connectivity index (χ2v) is 9.63. The molecule has 4 nitrogen and oxygen atoms in total. The lowest BCUT2D eigenvalue weighted by Gasteiger charge is -2.34. The number of benzene rings is 3. The molecule has 3 aromatic rings. The molecule has 0 saturated carbocycles. The van der Waals surface area contributed by atoms with Crippen molar-refractivity contribution in [1.82, 2.24) is 4.31 Å². The van der Waals surface area contributed by atoms with Crippen molar-refractivity contribution in [1.29, 1.82) is 0 Å². The standard InChI is InChI=1S/C23H26N2O2S/c1-24(18-19-7-3-2-4-8-19)22-13-15-25(16-14-22)28(26,27)23-12-11-20-9-5-6-10-21(20)17-23/h2-12,17,22H,13-16,18H2,1H3/p+1. The van der Waals surface area contributed by atoms with Gasteiger partial charge in [-0.05, 0) is 22.9 Å². The molecule has 0 radical (unpaired) electrons. The zero-order valence-electron chi connectivity index (χ0n) is 16.2. The Balaban J connectivity index is 1.43. The van der Waals surface area contributed by atoms with Crippen molar-refractivity contribution in [2.24, 2.45) is 0 Å². The molecular formula is C23H27N2O2S+. The number of piperidine rings is 1. The SMILES string of the molecule is C[NH+](Cc1ccccc1)C1CCN(S(=O)(=O)c2ccc3ccccc3c2)CC1. The van der Waals surface area contributed by atoms with Gasteiger partial charge in [0.1, 0.15) is 6.54 Å². The third-order valence-corrected chi connectivity index (χ3v) is 7.73. The smallest absolute Gasteiger partial charge is 0.243 e. The fourth-order valence-corrected chi connectivity index (χ4v) is 5.63. The van der Waals surface area contributed by atoms with Gasteiger partial charge in [-0.3, -0.25) is 0 Å². The van der Waals surface area contributed by atoms with Crippen LogP contribution in [0.25, 0.3) is 10.8 Å². The first-order valence-electron chi connectivity index (χ1n) is 9.89. The molecular weight excluding hydrogens is 368 g/mol. The van der Waals surface area contributed by atoms with Gasteiger partial charge in [-0.2, -0.15) is 4.31 Å². The first kappa shape index (κ1) is 19.1. The van der Waals surface area contributed by atoms with E-state index in [-0.39, 0.29) is 0 Å². The van der Waals surface area contributed by atoms with Gasteiger partial charge >= 0.3 is 0 Å². The topological polar surface area (TPSA) is 41.8 Å². The second kappa shape index (κ2) is 8.03. The molecule has 146 valence electrons. The van der Waals surface area contributed by atoms with Crippen molar-refractivity contribution in [2.75, 3.05) is 20.1 Å². The molecule has 0 bridgehead atoms. The van der Waals surface area contributed by atoms with Gasteiger partial charge in [0.2, 0.25) is 10.0 Å². The Hall–Kier alpha value is -2.21. The molecule has 1 fully saturated rings. The largest absolute Gasteiger partial charge is 0.331 e. The Bertz CT molecular complexity index is 1040. The van der Waals surface area contributed by atoms with Crippen molar-refractivity contribution < 1.29 is 13.3 Å². The van der Waals surface area contributed by atoms with Crippen molar-refractivity contribution in [3.8, 4) is 0 Å². The maximum Gasteiger partial charge on any atom is 0.243 e. The highest BCUT2D eigenvalue weighted by atomic mass is 32.2. The molecule has 0 amide bonds. The number of fused-ring (bicyclic) bond motifs is 1. The number of sulfonamides is 1. The predicted molar refractivity (Wildman–Crippen MR) is 113 cm³/mol. The maximum absolute atomic E-state index is 13.1. The monoisotopic (exact) mass is 395 g/mol. The van der Waals surface area contributed by atoms with E-state index in [1.807, 2.05) is 36.4 Å². The molecule has 1 unspecified atom stereocenters. The minimum Gasteiger partial charge on any atom is -0.331 e. The molecule has 1 saturated heterocycles. The molecule has 1 aliphatic heterocycles. The van der Waals surface area contributed by atoms with E-state index in [0.717, 1.165) is 30.2 Å². The van der Waals surface area contributed by atoms with E-state index in [4.69, 9.17) is 0 Å². The molecule has 3 aromatic carbocycles. The average Bonchev–Trinajstić information content (AvgIpc) is 2.74. The minimum atomic E-state index is -3.44. The molecule has 28 heavy (non-hydrogen) atoms. The normalized spacial score (nSPS) is 17.6. The van der Waals surface area contributed by atoms with Crippen LogP contribution in [0.4, 0.5) is 0 Å². The van der Waals surface area contributed by atoms with Gasteiger partial charge in [-0.15, -0.1) is 0 Å². The third-order valence-electron chi connectivity index (χ3n) is 5.84. The zero-order valence-corrected chi connectivity index (χ0v) is 17.0. The van der Waals surface area contributed by atoms with Crippen molar-refractivity contribution in [3.63, 3.8) is 0 Å². The molecule has 1 heterocycles. The van der Waals surface area contributed by atoms with Gasteiger partial charge < -0.3 is 4.90 Å². The third kappa shape index (κ3) is 3.97. The van der Waals surface area contributed by atoms with Gasteiger partial charge in [-0.25, -0.2) is 8.42 Å².